The molecule has 0 aliphatic rings. The topological polar surface area (TPSA) is 120 Å². The molecule has 0 unspecified atom stereocenters. The number of anilines is 1. The van der Waals surface area contributed by atoms with Gasteiger partial charge in [-0.05, 0) is 6.07 Å². The molecule has 2 aromatic rings. The molecule has 0 fully saturated rings. The highest BCUT2D eigenvalue weighted by molar-refractivity contribution is 5.98. The van der Waals surface area contributed by atoms with Crippen molar-refractivity contribution < 1.29 is 9.90 Å². The SMILES string of the molecule is O=C(O)c1ccccc1/C=N/Nc1cn[nH]c(=O)n1. The average Bonchev–Trinajstić information content (AvgIpc) is 2.39. The summed E-state index contributed by atoms with van der Waals surface area (Å²) >= 11 is 0. The number of hydrazone groups is 1. The van der Waals surface area contributed by atoms with E-state index in [-0.39, 0.29) is 11.4 Å². The van der Waals surface area contributed by atoms with Gasteiger partial charge in [-0.2, -0.15) is 15.2 Å². The van der Waals surface area contributed by atoms with E-state index in [1.807, 2.05) is 0 Å². The molecule has 0 saturated carbocycles. The van der Waals surface area contributed by atoms with Crippen LogP contribution in [-0.4, -0.2) is 32.5 Å². The summed E-state index contributed by atoms with van der Waals surface area (Å²) in [7, 11) is 0. The van der Waals surface area contributed by atoms with E-state index >= 15 is 0 Å². The number of nitrogens with zero attached hydrogens (tertiary/aromatic N) is 3. The Morgan fingerprint density at radius 3 is 2.95 bits per heavy atom. The molecule has 3 N–H and O–H groups in total. The van der Waals surface area contributed by atoms with Crippen LogP contribution in [0.15, 0.2) is 40.4 Å². The summed E-state index contributed by atoms with van der Waals surface area (Å²) in [4.78, 5) is 25.4. The normalized spacial score (nSPS) is 10.5. The van der Waals surface area contributed by atoms with Crippen LogP contribution in [0.5, 0.6) is 0 Å². The monoisotopic (exact) mass is 259 g/mol. The lowest BCUT2D eigenvalue weighted by Crippen LogP contribution is -2.13. The summed E-state index contributed by atoms with van der Waals surface area (Å²) < 4.78 is 0. The number of H-pyrrole nitrogens is 1. The number of aromatic nitrogens is 3. The van der Waals surface area contributed by atoms with Gasteiger partial charge in [0.25, 0.3) is 0 Å². The molecule has 1 aromatic carbocycles. The Morgan fingerprint density at radius 1 is 1.42 bits per heavy atom. The Kier molecular flexibility index (Phi) is 3.62. The number of carboxylic acid groups (broad SMARTS) is 1. The molecule has 1 heterocycles. The molecular formula is C11H9N5O3. The van der Waals surface area contributed by atoms with Gasteiger partial charge in [-0.25, -0.2) is 14.7 Å². The molecular weight excluding hydrogens is 250 g/mol. The Bertz CT molecular complexity index is 680. The van der Waals surface area contributed by atoms with Gasteiger partial charge < -0.3 is 5.11 Å². The molecule has 1 aromatic heterocycles. The molecule has 0 aliphatic heterocycles. The lowest BCUT2D eigenvalue weighted by Gasteiger charge is -2.00. The van der Waals surface area contributed by atoms with E-state index in [0.29, 0.717) is 5.56 Å². The number of carboxylic acids is 1. The second-order valence-corrected chi connectivity index (χ2v) is 3.43. The van der Waals surface area contributed by atoms with Gasteiger partial charge in [0.15, 0.2) is 5.82 Å². The summed E-state index contributed by atoms with van der Waals surface area (Å²) in [5.41, 5.74) is 2.44. The first-order valence-corrected chi connectivity index (χ1v) is 5.20. The minimum absolute atomic E-state index is 0.130. The highest BCUT2D eigenvalue weighted by Gasteiger charge is 2.06. The van der Waals surface area contributed by atoms with Crippen LogP contribution in [0.2, 0.25) is 0 Å². The fourth-order valence-corrected chi connectivity index (χ4v) is 1.34. The molecule has 0 aliphatic carbocycles. The van der Waals surface area contributed by atoms with Crippen LogP contribution in [0.4, 0.5) is 5.82 Å². The zero-order valence-corrected chi connectivity index (χ0v) is 9.57. The Balaban J connectivity index is 2.15. The van der Waals surface area contributed by atoms with Crippen molar-refractivity contribution in [2.75, 3.05) is 5.43 Å². The Morgan fingerprint density at radius 2 is 2.21 bits per heavy atom. The van der Waals surface area contributed by atoms with E-state index in [4.69, 9.17) is 5.11 Å². The molecule has 0 amide bonds. The van der Waals surface area contributed by atoms with Crippen molar-refractivity contribution in [3.05, 3.63) is 52.1 Å². The molecule has 0 atom stereocenters. The van der Waals surface area contributed by atoms with Gasteiger partial charge in [0.05, 0.1) is 18.0 Å². The maximum atomic E-state index is 10.9. The lowest BCUT2D eigenvalue weighted by molar-refractivity contribution is 0.0697. The summed E-state index contributed by atoms with van der Waals surface area (Å²) in [5, 5.41) is 18.4. The number of benzene rings is 1. The average molecular weight is 259 g/mol. The van der Waals surface area contributed by atoms with Gasteiger partial charge in [0.2, 0.25) is 0 Å². The number of aromatic amines is 1. The number of aromatic carboxylic acids is 1. The number of hydrogen-bond acceptors (Lipinski definition) is 6. The molecule has 8 nitrogen and oxygen atoms in total. The summed E-state index contributed by atoms with van der Waals surface area (Å²) in [6.45, 7) is 0. The molecule has 0 saturated heterocycles. The Hall–Kier alpha value is -3.03. The van der Waals surface area contributed by atoms with Crippen LogP contribution in [0.1, 0.15) is 15.9 Å². The zero-order chi connectivity index (χ0) is 13.7. The van der Waals surface area contributed by atoms with E-state index in [2.05, 4.69) is 25.7 Å². The minimum atomic E-state index is -1.04. The highest BCUT2D eigenvalue weighted by Crippen LogP contribution is 2.06. The first-order chi connectivity index (χ1) is 9.16. The van der Waals surface area contributed by atoms with Gasteiger partial charge >= 0.3 is 11.7 Å². The lowest BCUT2D eigenvalue weighted by atomic mass is 10.1. The summed E-state index contributed by atoms with van der Waals surface area (Å²) in [6.07, 6.45) is 2.61. The maximum absolute atomic E-state index is 10.9. The summed E-state index contributed by atoms with van der Waals surface area (Å²) in [5.74, 6) is -0.884. The van der Waals surface area contributed by atoms with Crippen LogP contribution in [0.25, 0.3) is 0 Å². The maximum Gasteiger partial charge on any atom is 0.363 e. The van der Waals surface area contributed by atoms with Gasteiger partial charge in [0, 0.05) is 5.56 Å². The van der Waals surface area contributed by atoms with Crippen LogP contribution in [-0.2, 0) is 0 Å². The number of nitrogens with one attached hydrogen (secondary N) is 2. The predicted octanol–water partition coefficient (Wildman–Crippen LogP) is 0.309. The standard InChI is InChI=1S/C11H9N5O3/c17-10(18)8-4-2-1-3-7(8)5-12-15-9-6-13-16-11(19)14-9/h1-6H,(H,17,18)(H2,14,15,16,19)/b12-5+. The van der Waals surface area contributed by atoms with Crippen molar-refractivity contribution in [3.8, 4) is 0 Å². The molecule has 0 bridgehead atoms. The summed E-state index contributed by atoms with van der Waals surface area (Å²) in [6, 6.07) is 6.39. The third kappa shape index (κ3) is 3.22. The van der Waals surface area contributed by atoms with Gasteiger partial charge in [-0.15, -0.1) is 0 Å². The fourth-order valence-electron chi connectivity index (χ4n) is 1.34. The van der Waals surface area contributed by atoms with Crippen molar-refractivity contribution in [1.29, 1.82) is 0 Å². The zero-order valence-electron chi connectivity index (χ0n) is 9.57. The number of carbonyl (C=O) groups is 1. The van der Waals surface area contributed by atoms with Crippen LogP contribution >= 0.6 is 0 Å². The number of rotatable bonds is 4. The quantitative estimate of drug-likeness (QED) is 0.536. The molecule has 0 radical (unpaired) electrons. The van der Waals surface area contributed by atoms with E-state index in [0.717, 1.165) is 0 Å². The van der Waals surface area contributed by atoms with Crippen molar-refractivity contribution in [2.24, 2.45) is 5.10 Å². The minimum Gasteiger partial charge on any atom is -0.478 e. The van der Waals surface area contributed by atoms with Crippen LogP contribution in [0, 0.1) is 0 Å². The second kappa shape index (κ2) is 5.54. The van der Waals surface area contributed by atoms with E-state index in [1.54, 1.807) is 18.2 Å². The first kappa shape index (κ1) is 12.4. The van der Waals surface area contributed by atoms with Crippen molar-refractivity contribution in [1.82, 2.24) is 15.2 Å². The van der Waals surface area contributed by atoms with Gasteiger partial charge in [-0.3, -0.25) is 5.43 Å². The van der Waals surface area contributed by atoms with Crippen molar-refractivity contribution in [2.45, 2.75) is 0 Å². The molecule has 8 heteroatoms. The second-order valence-electron chi connectivity index (χ2n) is 3.43. The van der Waals surface area contributed by atoms with E-state index < -0.39 is 11.7 Å². The molecule has 19 heavy (non-hydrogen) atoms. The van der Waals surface area contributed by atoms with Crippen molar-refractivity contribution >= 4 is 18.0 Å². The Labute approximate surface area is 106 Å². The third-order valence-electron chi connectivity index (χ3n) is 2.14. The third-order valence-corrected chi connectivity index (χ3v) is 2.14. The van der Waals surface area contributed by atoms with Gasteiger partial charge in [-0.1, -0.05) is 18.2 Å². The molecule has 2 rings (SSSR count). The highest BCUT2D eigenvalue weighted by atomic mass is 16.4. The smallest absolute Gasteiger partial charge is 0.363 e. The predicted molar refractivity (Wildman–Crippen MR) is 67.3 cm³/mol. The van der Waals surface area contributed by atoms with E-state index in [9.17, 15) is 9.59 Å². The largest absolute Gasteiger partial charge is 0.478 e. The van der Waals surface area contributed by atoms with Crippen LogP contribution < -0.4 is 11.1 Å². The first-order valence-electron chi connectivity index (χ1n) is 5.20. The van der Waals surface area contributed by atoms with Crippen LogP contribution in [0.3, 0.4) is 0 Å². The van der Waals surface area contributed by atoms with Gasteiger partial charge in [0.1, 0.15) is 0 Å². The molecule has 96 valence electrons. The number of hydrogen-bond donors (Lipinski definition) is 3. The van der Waals surface area contributed by atoms with E-state index in [1.165, 1.54) is 18.5 Å². The molecule has 0 spiro atoms. The fraction of sp³-hybridized carbons (Fsp3) is 0. The van der Waals surface area contributed by atoms with Crippen molar-refractivity contribution in [3.63, 3.8) is 0 Å².